The average molecular weight is 224 g/mol. The first kappa shape index (κ1) is 12.4. The van der Waals surface area contributed by atoms with Crippen LogP contribution < -0.4 is 0 Å². The van der Waals surface area contributed by atoms with Gasteiger partial charge in [0.05, 0.1) is 0 Å². The Balaban J connectivity index is 1.94. The molecule has 3 atom stereocenters. The second kappa shape index (κ2) is 5.05. The number of likely N-dealkylation sites (N-methyl/N-ethyl adjacent to an activating group) is 1. The van der Waals surface area contributed by atoms with E-state index in [9.17, 15) is 0 Å². The molecule has 2 saturated heterocycles. The third-order valence-electron chi connectivity index (χ3n) is 4.55. The van der Waals surface area contributed by atoms with Crippen LogP contribution >= 0.6 is 0 Å². The first-order valence-corrected chi connectivity index (χ1v) is 6.99. The average Bonchev–Trinajstić information content (AvgIpc) is 2.64. The lowest BCUT2D eigenvalue weighted by molar-refractivity contribution is 0.0733. The molecule has 0 saturated carbocycles. The SMILES string of the molecule is CC1CC(C(C)C)CN(C2CCN(C)C2)C1. The van der Waals surface area contributed by atoms with Gasteiger partial charge in [-0.3, -0.25) is 4.90 Å². The maximum Gasteiger partial charge on any atom is 0.0235 e. The molecule has 16 heavy (non-hydrogen) atoms. The molecule has 94 valence electrons. The predicted molar refractivity (Wildman–Crippen MR) is 69.6 cm³/mol. The minimum atomic E-state index is 0.842. The van der Waals surface area contributed by atoms with Crippen molar-refractivity contribution >= 4 is 0 Å². The second-order valence-corrected chi connectivity index (χ2v) is 6.50. The lowest BCUT2D eigenvalue weighted by atomic mass is 9.82. The molecule has 0 bridgehead atoms. The van der Waals surface area contributed by atoms with E-state index in [1.54, 1.807) is 0 Å². The zero-order valence-electron chi connectivity index (χ0n) is 11.4. The fourth-order valence-electron chi connectivity index (χ4n) is 3.43. The molecule has 2 heterocycles. The van der Waals surface area contributed by atoms with Crippen LogP contribution in [-0.2, 0) is 0 Å². The van der Waals surface area contributed by atoms with Crippen molar-refractivity contribution in [3.8, 4) is 0 Å². The number of likely N-dealkylation sites (tertiary alicyclic amines) is 2. The van der Waals surface area contributed by atoms with Crippen LogP contribution in [0.3, 0.4) is 0 Å². The van der Waals surface area contributed by atoms with Gasteiger partial charge in [-0.2, -0.15) is 0 Å². The lowest BCUT2D eigenvalue weighted by Gasteiger charge is -2.41. The molecule has 2 fully saturated rings. The Kier molecular flexibility index (Phi) is 3.91. The van der Waals surface area contributed by atoms with Crippen LogP contribution in [-0.4, -0.2) is 49.1 Å². The molecule has 0 aromatic carbocycles. The maximum absolute atomic E-state index is 2.78. The zero-order valence-corrected chi connectivity index (χ0v) is 11.4. The van der Waals surface area contributed by atoms with E-state index in [1.807, 2.05) is 0 Å². The van der Waals surface area contributed by atoms with Gasteiger partial charge >= 0.3 is 0 Å². The molecule has 0 spiro atoms. The van der Waals surface area contributed by atoms with Crippen LogP contribution in [0.15, 0.2) is 0 Å². The second-order valence-electron chi connectivity index (χ2n) is 6.50. The Bertz CT molecular complexity index is 227. The van der Waals surface area contributed by atoms with Crippen molar-refractivity contribution in [3.05, 3.63) is 0 Å². The van der Waals surface area contributed by atoms with Gasteiger partial charge in [-0.25, -0.2) is 0 Å². The largest absolute Gasteiger partial charge is 0.305 e. The number of nitrogens with zero attached hydrogens (tertiary/aromatic N) is 2. The smallest absolute Gasteiger partial charge is 0.0235 e. The van der Waals surface area contributed by atoms with E-state index < -0.39 is 0 Å². The maximum atomic E-state index is 2.78. The van der Waals surface area contributed by atoms with Crippen LogP contribution in [0.2, 0.25) is 0 Å². The third-order valence-corrected chi connectivity index (χ3v) is 4.55. The van der Waals surface area contributed by atoms with Gasteiger partial charge in [-0.05, 0) is 44.2 Å². The van der Waals surface area contributed by atoms with Gasteiger partial charge in [0.1, 0.15) is 0 Å². The molecule has 0 radical (unpaired) electrons. The van der Waals surface area contributed by atoms with Crippen molar-refractivity contribution in [1.29, 1.82) is 0 Å². The summed E-state index contributed by atoms with van der Waals surface area (Å²) in [6, 6.07) is 0.842. The van der Waals surface area contributed by atoms with E-state index in [4.69, 9.17) is 0 Å². The summed E-state index contributed by atoms with van der Waals surface area (Å²) in [7, 11) is 2.26. The van der Waals surface area contributed by atoms with Crippen molar-refractivity contribution in [2.45, 2.75) is 39.7 Å². The summed E-state index contributed by atoms with van der Waals surface area (Å²) in [5.74, 6) is 2.67. The van der Waals surface area contributed by atoms with E-state index in [2.05, 4.69) is 37.6 Å². The Morgan fingerprint density at radius 3 is 2.44 bits per heavy atom. The highest BCUT2D eigenvalue weighted by Crippen LogP contribution is 2.30. The lowest BCUT2D eigenvalue weighted by Crippen LogP contribution is -2.47. The van der Waals surface area contributed by atoms with Gasteiger partial charge in [-0.1, -0.05) is 20.8 Å². The van der Waals surface area contributed by atoms with Crippen molar-refractivity contribution in [3.63, 3.8) is 0 Å². The summed E-state index contributed by atoms with van der Waals surface area (Å²) in [5, 5.41) is 0. The quantitative estimate of drug-likeness (QED) is 0.710. The number of rotatable bonds is 2. The fourth-order valence-corrected chi connectivity index (χ4v) is 3.43. The summed E-state index contributed by atoms with van der Waals surface area (Å²) in [6.07, 6.45) is 2.82. The molecule has 3 unspecified atom stereocenters. The Labute approximate surface area is 101 Å². The van der Waals surface area contributed by atoms with E-state index in [-0.39, 0.29) is 0 Å². The summed E-state index contributed by atoms with van der Waals surface area (Å²) in [4.78, 5) is 5.26. The zero-order chi connectivity index (χ0) is 11.7. The molecule has 2 heteroatoms. The predicted octanol–water partition coefficient (Wildman–Crippen LogP) is 2.30. The molecular weight excluding hydrogens is 196 g/mol. The van der Waals surface area contributed by atoms with Crippen LogP contribution in [0.25, 0.3) is 0 Å². The summed E-state index contributed by atoms with van der Waals surface area (Å²) < 4.78 is 0. The van der Waals surface area contributed by atoms with E-state index in [0.29, 0.717) is 0 Å². The normalized spacial score (nSPS) is 38.4. The van der Waals surface area contributed by atoms with Gasteiger partial charge in [0, 0.05) is 25.7 Å². The molecule has 2 aliphatic heterocycles. The van der Waals surface area contributed by atoms with Crippen LogP contribution in [0.5, 0.6) is 0 Å². The molecule has 0 aliphatic carbocycles. The first-order valence-electron chi connectivity index (χ1n) is 6.99. The monoisotopic (exact) mass is 224 g/mol. The fraction of sp³-hybridized carbons (Fsp3) is 1.00. The van der Waals surface area contributed by atoms with Crippen molar-refractivity contribution in [2.24, 2.45) is 17.8 Å². The highest BCUT2D eigenvalue weighted by atomic mass is 15.2. The Morgan fingerprint density at radius 1 is 1.12 bits per heavy atom. The van der Waals surface area contributed by atoms with Crippen molar-refractivity contribution < 1.29 is 0 Å². The standard InChI is InChI=1S/C14H28N2/c1-11(2)13-7-12(3)8-16(9-13)14-5-6-15(4)10-14/h11-14H,5-10H2,1-4H3. The summed E-state index contributed by atoms with van der Waals surface area (Å²) in [6.45, 7) is 12.5. The number of hydrogen-bond acceptors (Lipinski definition) is 2. The molecule has 2 rings (SSSR count). The summed E-state index contributed by atoms with van der Waals surface area (Å²) in [5.41, 5.74) is 0. The third kappa shape index (κ3) is 2.78. The van der Waals surface area contributed by atoms with Crippen LogP contribution in [0.4, 0.5) is 0 Å². The minimum Gasteiger partial charge on any atom is -0.305 e. The number of hydrogen-bond donors (Lipinski definition) is 0. The Hall–Kier alpha value is -0.0800. The van der Waals surface area contributed by atoms with E-state index >= 15 is 0 Å². The highest BCUT2D eigenvalue weighted by Gasteiger charge is 2.33. The van der Waals surface area contributed by atoms with Crippen molar-refractivity contribution in [1.82, 2.24) is 9.80 Å². The van der Waals surface area contributed by atoms with Crippen molar-refractivity contribution in [2.75, 3.05) is 33.2 Å². The molecular formula is C14H28N2. The molecule has 2 nitrogen and oxygen atoms in total. The minimum absolute atomic E-state index is 0.842. The van der Waals surface area contributed by atoms with Gasteiger partial charge in [0.15, 0.2) is 0 Å². The molecule has 0 amide bonds. The van der Waals surface area contributed by atoms with E-state index in [0.717, 1.165) is 23.8 Å². The highest BCUT2D eigenvalue weighted by molar-refractivity contribution is 4.87. The van der Waals surface area contributed by atoms with Gasteiger partial charge in [0.2, 0.25) is 0 Å². The molecule has 2 aliphatic rings. The van der Waals surface area contributed by atoms with Gasteiger partial charge in [-0.15, -0.1) is 0 Å². The molecule has 0 aromatic rings. The molecule has 0 N–H and O–H groups in total. The Morgan fingerprint density at radius 2 is 1.88 bits per heavy atom. The van der Waals surface area contributed by atoms with Crippen LogP contribution in [0.1, 0.15) is 33.6 Å². The topological polar surface area (TPSA) is 6.48 Å². The summed E-state index contributed by atoms with van der Waals surface area (Å²) >= 11 is 0. The van der Waals surface area contributed by atoms with Gasteiger partial charge in [0.25, 0.3) is 0 Å². The number of piperidine rings is 1. The van der Waals surface area contributed by atoms with E-state index in [1.165, 1.54) is 39.0 Å². The van der Waals surface area contributed by atoms with Crippen LogP contribution in [0, 0.1) is 17.8 Å². The van der Waals surface area contributed by atoms with Gasteiger partial charge < -0.3 is 4.90 Å². The molecule has 0 aromatic heterocycles. The first-order chi connectivity index (χ1) is 7.56.